The van der Waals surface area contributed by atoms with Crippen LogP contribution in [0.5, 0.6) is 0 Å². The predicted molar refractivity (Wildman–Crippen MR) is 94.1 cm³/mol. The number of ketones is 1. The van der Waals surface area contributed by atoms with Crippen LogP contribution in [0.1, 0.15) is 59.8 Å². The molecular formula is C17H29NO4S. The Bertz CT molecular complexity index is 499. The molecular weight excluding hydrogens is 314 g/mol. The number of aliphatic hydroxyl groups excluding tert-OH is 1. The van der Waals surface area contributed by atoms with E-state index >= 15 is 0 Å². The fraction of sp³-hybridized carbons (Fsp3) is 0.765. The van der Waals surface area contributed by atoms with E-state index < -0.39 is 10.8 Å². The third-order valence-electron chi connectivity index (χ3n) is 4.00. The smallest absolute Gasteiger partial charge is 0.168 e. The molecule has 0 aliphatic heterocycles. The molecule has 1 aliphatic rings. The zero-order valence-electron chi connectivity index (χ0n) is 14.6. The first kappa shape index (κ1) is 19.9. The highest BCUT2D eigenvalue weighted by Gasteiger charge is 2.32. The number of nitrogens with zero attached hydrogens (tertiary/aromatic N) is 1. The molecule has 0 saturated carbocycles. The number of aliphatic hydroxyl groups is 1. The molecule has 0 aromatic heterocycles. The fourth-order valence-electron chi connectivity index (χ4n) is 2.92. The number of oxime groups is 1. The maximum atomic E-state index is 12.5. The van der Waals surface area contributed by atoms with Crippen molar-refractivity contribution in [1.29, 1.82) is 0 Å². The zero-order chi connectivity index (χ0) is 17.4. The lowest BCUT2D eigenvalue weighted by Gasteiger charge is -2.25. The predicted octanol–water partition coefficient (Wildman–Crippen LogP) is 3.52. The quantitative estimate of drug-likeness (QED) is 0.513. The molecule has 0 saturated heterocycles. The zero-order valence-corrected chi connectivity index (χ0v) is 15.4. The van der Waals surface area contributed by atoms with E-state index in [1.165, 1.54) is 0 Å². The number of hydrogen-bond acceptors (Lipinski definition) is 5. The third kappa shape index (κ3) is 5.75. The van der Waals surface area contributed by atoms with E-state index in [0.29, 0.717) is 49.3 Å². The van der Waals surface area contributed by atoms with Crippen LogP contribution in [0, 0.1) is 5.92 Å². The van der Waals surface area contributed by atoms with E-state index in [0.717, 1.165) is 6.42 Å². The molecule has 0 amide bonds. The average Bonchev–Trinajstić information content (AvgIpc) is 2.50. The third-order valence-corrected chi connectivity index (χ3v) is 5.66. The molecule has 0 bridgehead atoms. The van der Waals surface area contributed by atoms with Crippen LogP contribution in [0.2, 0.25) is 0 Å². The lowest BCUT2D eigenvalue weighted by molar-refractivity contribution is -0.116. The van der Waals surface area contributed by atoms with Gasteiger partial charge in [-0.1, -0.05) is 32.3 Å². The van der Waals surface area contributed by atoms with Crippen molar-refractivity contribution in [3.05, 3.63) is 11.3 Å². The molecule has 3 atom stereocenters. The van der Waals surface area contributed by atoms with E-state index in [9.17, 15) is 14.1 Å². The van der Waals surface area contributed by atoms with Crippen LogP contribution in [0.3, 0.4) is 0 Å². The summed E-state index contributed by atoms with van der Waals surface area (Å²) >= 11 is 0. The van der Waals surface area contributed by atoms with Gasteiger partial charge in [0.2, 0.25) is 0 Å². The standard InChI is InChI=1S/C17H29NO4S/c1-5-8-14(18-22-6-2)17-15(19)10-13(11-16(17)20)9-12(4)23(21)7-3/h12-13,19H,5-11H2,1-4H3/b18-14+. The Hall–Kier alpha value is -1.17. The molecule has 1 N–H and O–H groups in total. The second-order valence-electron chi connectivity index (χ2n) is 5.94. The van der Waals surface area contributed by atoms with Crippen LogP contribution in [0.25, 0.3) is 0 Å². The van der Waals surface area contributed by atoms with Gasteiger partial charge in [0.05, 0.1) is 11.3 Å². The minimum Gasteiger partial charge on any atom is -0.511 e. The van der Waals surface area contributed by atoms with Crippen molar-refractivity contribution in [1.82, 2.24) is 0 Å². The number of carbonyl (C=O) groups is 1. The number of allylic oxidation sites excluding steroid dienone is 2. The highest BCUT2D eigenvalue weighted by atomic mass is 32.2. The Morgan fingerprint density at radius 1 is 1.39 bits per heavy atom. The SMILES string of the molecule is CCC/C(=N\OCC)C1=C(O)CC(CC(C)S(=O)CC)CC1=O. The van der Waals surface area contributed by atoms with Crippen LogP contribution >= 0.6 is 0 Å². The molecule has 6 heteroatoms. The first-order valence-electron chi connectivity index (χ1n) is 8.46. The van der Waals surface area contributed by atoms with Crippen molar-refractivity contribution in [3.8, 4) is 0 Å². The van der Waals surface area contributed by atoms with Gasteiger partial charge in [0, 0.05) is 34.6 Å². The molecule has 0 spiro atoms. The van der Waals surface area contributed by atoms with E-state index in [2.05, 4.69) is 5.16 Å². The molecule has 23 heavy (non-hydrogen) atoms. The molecule has 0 aromatic carbocycles. The maximum Gasteiger partial charge on any atom is 0.168 e. The van der Waals surface area contributed by atoms with Crippen molar-refractivity contribution in [2.45, 2.75) is 65.0 Å². The number of rotatable bonds is 9. The van der Waals surface area contributed by atoms with Crippen LogP contribution in [0.15, 0.2) is 16.5 Å². The molecule has 132 valence electrons. The number of carbonyl (C=O) groups excluding carboxylic acids is 1. The fourth-order valence-corrected chi connectivity index (χ4v) is 3.98. The van der Waals surface area contributed by atoms with Gasteiger partial charge >= 0.3 is 0 Å². The van der Waals surface area contributed by atoms with Gasteiger partial charge in [0.15, 0.2) is 5.78 Å². The van der Waals surface area contributed by atoms with Gasteiger partial charge in [-0.25, -0.2) is 0 Å². The Balaban J connectivity index is 2.89. The van der Waals surface area contributed by atoms with Gasteiger partial charge in [-0.15, -0.1) is 0 Å². The van der Waals surface area contributed by atoms with Crippen LogP contribution in [-0.2, 0) is 20.4 Å². The summed E-state index contributed by atoms with van der Waals surface area (Å²) in [7, 11) is -0.873. The highest BCUT2D eigenvalue weighted by molar-refractivity contribution is 7.85. The summed E-state index contributed by atoms with van der Waals surface area (Å²) < 4.78 is 11.8. The van der Waals surface area contributed by atoms with Crippen molar-refractivity contribution >= 4 is 22.3 Å². The Morgan fingerprint density at radius 2 is 2.09 bits per heavy atom. The molecule has 3 unspecified atom stereocenters. The van der Waals surface area contributed by atoms with Crippen LogP contribution < -0.4 is 0 Å². The summed E-state index contributed by atoms with van der Waals surface area (Å²) in [5.41, 5.74) is 0.876. The van der Waals surface area contributed by atoms with E-state index in [1.807, 2.05) is 27.7 Å². The minimum absolute atomic E-state index is 0.0411. The molecule has 1 aliphatic carbocycles. The first-order chi connectivity index (χ1) is 10.9. The molecule has 5 nitrogen and oxygen atoms in total. The van der Waals surface area contributed by atoms with Gasteiger partial charge in [0.1, 0.15) is 12.4 Å². The van der Waals surface area contributed by atoms with E-state index in [-0.39, 0.29) is 22.7 Å². The van der Waals surface area contributed by atoms with Crippen molar-refractivity contribution < 1.29 is 18.9 Å². The van der Waals surface area contributed by atoms with Crippen molar-refractivity contribution in [2.24, 2.45) is 11.1 Å². The topological polar surface area (TPSA) is 76.0 Å². The Morgan fingerprint density at radius 3 is 2.61 bits per heavy atom. The molecule has 0 radical (unpaired) electrons. The lowest BCUT2D eigenvalue weighted by Crippen LogP contribution is -2.27. The summed E-state index contributed by atoms with van der Waals surface area (Å²) in [6, 6.07) is 0. The molecule has 1 rings (SSSR count). The van der Waals surface area contributed by atoms with Crippen LogP contribution in [-0.4, -0.2) is 38.4 Å². The summed E-state index contributed by atoms with van der Waals surface area (Å²) in [4.78, 5) is 17.6. The second-order valence-corrected chi connectivity index (χ2v) is 8.08. The van der Waals surface area contributed by atoms with Crippen molar-refractivity contribution in [2.75, 3.05) is 12.4 Å². The van der Waals surface area contributed by atoms with Crippen molar-refractivity contribution in [3.63, 3.8) is 0 Å². The van der Waals surface area contributed by atoms with Gasteiger partial charge in [-0.2, -0.15) is 0 Å². The van der Waals surface area contributed by atoms with Gasteiger partial charge in [0.25, 0.3) is 0 Å². The minimum atomic E-state index is -0.873. The highest BCUT2D eigenvalue weighted by Crippen LogP contribution is 2.31. The molecule has 0 heterocycles. The first-order valence-corrected chi connectivity index (χ1v) is 9.84. The van der Waals surface area contributed by atoms with Gasteiger partial charge in [-0.05, 0) is 25.7 Å². The Labute approximate surface area is 141 Å². The summed E-state index contributed by atoms with van der Waals surface area (Å²) in [5, 5.41) is 14.4. The van der Waals surface area contributed by atoms with Crippen LogP contribution in [0.4, 0.5) is 0 Å². The number of hydrogen-bond donors (Lipinski definition) is 1. The van der Waals surface area contributed by atoms with Gasteiger partial charge in [-0.3, -0.25) is 9.00 Å². The largest absolute Gasteiger partial charge is 0.511 e. The maximum absolute atomic E-state index is 12.5. The summed E-state index contributed by atoms with van der Waals surface area (Å²) in [5.74, 6) is 0.691. The summed E-state index contributed by atoms with van der Waals surface area (Å²) in [6.45, 7) is 8.10. The normalized spacial score (nSPS) is 22.2. The van der Waals surface area contributed by atoms with E-state index in [1.54, 1.807) is 0 Å². The Kier molecular flexibility index (Phi) is 8.52. The monoisotopic (exact) mass is 343 g/mol. The second kappa shape index (κ2) is 9.85. The van der Waals surface area contributed by atoms with Gasteiger partial charge < -0.3 is 9.94 Å². The molecule has 0 fully saturated rings. The lowest BCUT2D eigenvalue weighted by atomic mass is 9.82. The number of Topliss-reactive ketones (excluding diaryl/α,β-unsaturated/α-hetero) is 1. The molecule has 0 aromatic rings. The summed E-state index contributed by atoms with van der Waals surface area (Å²) in [6.07, 6.45) is 2.94. The van der Waals surface area contributed by atoms with E-state index in [4.69, 9.17) is 4.84 Å². The average molecular weight is 343 g/mol.